The van der Waals surface area contributed by atoms with E-state index in [2.05, 4.69) is 16.9 Å². The maximum atomic E-state index is 11.5. The summed E-state index contributed by atoms with van der Waals surface area (Å²) in [7, 11) is 1.93. The van der Waals surface area contributed by atoms with Crippen molar-refractivity contribution in [2.75, 3.05) is 13.1 Å². The minimum Gasteiger partial charge on any atom is -0.481 e. The number of rotatable bonds is 4. The molecule has 1 aromatic rings. The smallest absolute Gasteiger partial charge is 0.310 e. The van der Waals surface area contributed by atoms with E-state index in [0.29, 0.717) is 13.0 Å². The SMILES string of the molecule is CCC1(C(=O)O)CCCN(Cc2cnn(C)c2C)C1. The van der Waals surface area contributed by atoms with E-state index in [1.54, 1.807) is 0 Å². The lowest BCUT2D eigenvalue weighted by Gasteiger charge is -2.39. The fourth-order valence-corrected chi connectivity index (χ4v) is 2.92. The van der Waals surface area contributed by atoms with Crippen molar-refractivity contribution >= 4 is 5.97 Å². The molecule has 0 aromatic carbocycles. The Hall–Kier alpha value is -1.36. The average Bonchev–Trinajstić information content (AvgIpc) is 2.71. The molecule has 1 atom stereocenters. The molecule has 0 aliphatic carbocycles. The lowest BCUT2D eigenvalue weighted by atomic mass is 9.77. The van der Waals surface area contributed by atoms with Crippen LogP contribution in [0.4, 0.5) is 0 Å². The van der Waals surface area contributed by atoms with E-state index in [-0.39, 0.29) is 0 Å². The van der Waals surface area contributed by atoms with Crippen molar-refractivity contribution in [3.8, 4) is 0 Å². The van der Waals surface area contributed by atoms with Gasteiger partial charge in [0.2, 0.25) is 0 Å². The lowest BCUT2D eigenvalue weighted by molar-refractivity contribution is -0.153. The molecule has 1 N–H and O–H groups in total. The number of aromatic nitrogens is 2. The quantitative estimate of drug-likeness (QED) is 0.902. The van der Waals surface area contributed by atoms with E-state index in [0.717, 1.165) is 31.6 Å². The standard InChI is InChI=1S/C14H23N3O2/c1-4-14(13(18)19)6-5-7-17(10-14)9-12-8-15-16(3)11(12)2/h8H,4-7,9-10H2,1-3H3,(H,18,19). The van der Waals surface area contributed by atoms with E-state index in [9.17, 15) is 9.90 Å². The fourth-order valence-electron chi connectivity index (χ4n) is 2.92. The second kappa shape index (κ2) is 5.33. The molecular formula is C14H23N3O2. The molecular weight excluding hydrogens is 242 g/mol. The van der Waals surface area contributed by atoms with Crippen molar-refractivity contribution in [1.29, 1.82) is 0 Å². The summed E-state index contributed by atoms with van der Waals surface area (Å²) in [6.45, 7) is 6.45. The van der Waals surface area contributed by atoms with Crippen LogP contribution in [0, 0.1) is 12.3 Å². The number of nitrogens with zero attached hydrogens (tertiary/aromatic N) is 3. The van der Waals surface area contributed by atoms with Crippen LogP contribution in [0.2, 0.25) is 0 Å². The van der Waals surface area contributed by atoms with Gasteiger partial charge >= 0.3 is 5.97 Å². The first-order chi connectivity index (χ1) is 8.98. The number of carboxylic acids is 1. The summed E-state index contributed by atoms with van der Waals surface area (Å²) >= 11 is 0. The summed E-state index contributed by atoms with van der Waals surface area (Å²) in [5, 5.41) is 13.7. The Morgan fingerprint density at radius 3 is 2.84 bits per heavy atom. The van der Waals surface area contributed by atoms with Crippen LogP contribution >= 0.6 is 0 Å². The van der Waals surface area contributed by atoms with Gasteiger partial charge in [0.15, 0.2) is 0 Å². The number of aryl methyl sites for hydroxylation is 1. The third-order valence-corrected chi connectivity index (χ3v) is 4.52. The molecule has 1 unspecified atom stereocenters. The monoisotopic (exact) mass is 265 g/mol. The van der Waals surface area contributed by atoms with Crippen LogP contribution in [0.25, 0.3) is 0 Å². The van der Waals surface area contributed by atoms with Gasteiger partial charge in [-0.1, -0.05) is 6.92 Å². The predicted octanol–water partition coefficient (Wildman–Crippen LogP) is 1.81. The van der Waals surface area contributed by atoms with E-state index < -0.39 is 11.4 Å². The van der Waals surface area contributed by atoms with Crippen LogP contribution in [0.5, 0.6) is 0 Å². The summed E-state index contributed by atoms with van der Waals surface area (Å²) in [5.41, 5.74) is 1.79. The highest BCUT2D eigenvalue weighted by atomic mass is 16.4. The molecule has 1 fully saturated rings. The number of likely N-dealkylation sites (tertiary alicyclic amines) is 1. The van der Waals surface area contributed by atoms with E-state index in [4.69, 9.17) is 0 Å². The number of carbonyl (C=O) groups is 1. The van der Waals surface area contributed by atoms with Crippen LogP contribution in [0.1, 0.15) is 37.4 Å². The first-order valence-corrected chi connectivity index (χ1v) is 6.92. The summed E-state index contributed by atoms with van der Waals surface area (Å²) in [6.07, 6.45) is 4.34. The minimum absolute atomic E-state index is 0.561. The van der Waals surface area contributed by atoms with Crippen LogP contribution in [0.3, 0.4) is 0 Å². The van der Waals surface area contributed by atoms with Crippen molar-refractivity contribution in [3.05, 3.63) is 17.5 Å². The second-order valence-electron chi connectivity index (χ2n) is 5.63. The predicted molar refractivity (Wildman–Crippen MR) is 72.8 cm³/mol. The first kappa shape index (κ1) is 14.1. The molecule has 1 saturated heterocycles. The average molecular weight is 265 g/mol. The van der Waals surface area contributed by atoms with Gasteiger partial charge in [0, 0.05) is 31.4 Å². The van der Waals surface area contributed by atoms with Crippen LogP contribution in [0.15, 0.2) is 6.20 Å². The van der Waals surface area contributed by atoms with Gasteiger partial charge in [0.1, 0.15) is 0 Å². The van der Waals surface area contributed by atoms with Gasteiger partial charge in [-0.3, -0.25) is 14.4 Å². The van der Waals surface area contributed by atoms with E-state index >= 15 is 0 Å². The van der Waals surface area contributed by atoms with Crippen molar-refractivity contribution in [1.82, 2.24) is 14.7 Å². The Morgan fingerprint density at radius 2 is 2.32 bits per heavy atom. The maximum Gasteiger partial charge on any atom is 0.310 e. The molecule has 0 amide bonds. The lowest BCUT2D eigenvalue weighted by Crippen LogP contribution is -2.47. The zero-order valence-electron chi connectivity index (χ0n) is 12.0. The maximum absolute atomic E-state index is 11.5. The van der Waals surface area contributed by atoms with Crippen molar-refractivity contribution < 1.29 is 9.90 Å². The molecule has 1 aromatic heterocycles. The second-order valence-corrected chi connectivity index (χ2v) is 5.63. The Balaban J connectivity index is 2.10. The molecule has 0 spiro atoms. The largest absolute Gasteiger partial charge is 0.481 e. The Kier molecular flexibility index (Phi) is 3.94. The van der Waals surface area contributed by atoms with Crippen molar-refractivity contribution in [2.24, 2.45) is 12.5 Å². The zero-order valence-corrected chi connectivity index (χ0v) is 12.0. The molecule has 0 radical (unpaired) electrons. The third kappa shape index (κ3) is 2.66. The molecule has 1 aliphatic heterocycles. The molecule has 5 nitrogen and oxygen atoms in total. The van der Waals surface area contributed by atoms with Gasteiger partial charge in [-0.2, -0.15) is 5.10 Å². The van der Waals surface area contributed by atoms with Crippen LogP contribution < -0.4 is 0 Å². The highest BCUT2D eigenvalue weighted by Gasteiger charge is 2.40. The van der Waals surface area contributed by atoms with Crippen molar-refractivity contribution in [3.63, 3.8) is 0 Å². The van der Waals surface area contributed by atoms with Crippen LogP contribution in [-0.4, -0.2) is 38.8 Å². The minimum atomic E-state index is -0.650. The number of aliphatic carboxylic acids is 1. The molecule has 1 aliphatic rings. The van der Waals surface area contributed by atoms with Gasteiger partial charge in [0.05, 0.1) is 11.6 Å². The molecule has 0 saturated carbocycles. The molecule has 5 heteroatoms. The zero-order chi connectivity index (χ0) is 14.0. The van der Waals surface area contributed by atoms with E-state index in [1.807, 2.05) is 24.9 Å². The van der Waals surface area contributed by atoms with E-state index in [1.165, 1.54) is 5.56 Å². The van der Waals surface area contributed by atoms with Gasteiger partial charge in [-0.25, -0.2) is 0 Å². The summed E-state index contributed by atoms with van der Waals surface area (Å²) in [5.74, 6) is -0.650. The highest BCUT2D eigenvalue weighted by Crippen LogP contribution is 2.34. The van der Waals surface area contributed by atoms with Gasteiger partial charge < -0.3 is 5.11 Å². The van der Waals surface area contributed by atoms with Gasteiger partial charge in [0.25, 0.3) is 0 Å². The normalized spacial score (nSPS) is 24.6. The Bertz CT molecular complexity index is 469. The summed E-state index contributed by atoms with van der Waals surface area (Å²) < 4.78 is 1.86. The number of hydrogen-bond donors (Lipinski definition) is 1. The fraction of sp³-hybridized carbons (Fsp3) is 0.714. The van der Waals surface area contributed by atoms with Gasteiger partial charge in [-0.05, 0) is 32.7 Å². The van der Waals surface area contributed by atoms with Crippen LogP contribution in [-0.2, 0) is 18.4 Å². The molecule has 19 heavy (non-hydrogen) atoms. The summed E-state index contributed by atoms with van der Waals surface area (Å²) in [6, 6.07) is 0. The number of carboxylic acid groups (broad SMARTS) is 1. The molecule has 0 bridgehead atoms. The molecule has 2 heterocycles. The first-order valence-electron chi connectivity index (χ1n) is 6.92. The Morgan fingerprint density at radius 1 is 1.58 bits per heavy atom. The van der Waals surface area contributed by atoms with Crippen molar-refractivity contribution in [2.45, 2.75) is 39.7 Å². The Labute approximate surface area is 114 Å². The third-order valence-electron chi connectivity index (χ3n) is 4.52. The summed E-state index contributed by atoms with van der Waals surface area (Å²) in [4.78, 5) is 13.8. The topological polar surface area (TPSA) is 58.4 Å². The number of hydrogen-bond acceptors (Lipinski definition) is 3. The van der Waals surface area contributed by atoms with Gasteiger partial charge in [-0.15, -0.1) is 0 Å². The highest BCUT2D eigenvalue weighted by molar-refractivity contribution is 5.75. The number of piperidine rings is 1. The molecule has 2 rings (SSSR count). The molecule has 106 valence electrons.